The van der Waals surface area contributed by atoms with E-state index in [0.717, 1.165) is 16.7 Å². The van der Waals surface area contributed by atoms with Gasteiger partial charge in [0.2, 0.25) is 0 Å². The summed E-state index contributed by atoms with van der Waals surface area (Å²) in [6.07, 6.45) is 0.458. The maximum atomic E-state index is 11.9. The highest BCUT2D eigenvalue weighted by atomic mass is 16.6. The minimum absolute atomic E-state index is 0.429. The molecule has 0 amide bonds. The van der Waals surface area contributed by atoms with Crippen LogP contribution < -0.4 is 0 Å². The predicted octanol–water partition coefficient (Wildman–Crippen LogP) is 5.16. The van der Waals surface area contributed by atoms with Crippen LogP contribution in [-0.4, -0.2) is 17.5 Å². The zero-order chi connectivity index (χ0) is 18.5. The predicted molar refractivity (Wildman–Crippen MR) is 106 cm³/mol. The van der Waals surface area contributed by atoms with Gasteiger partial charge in [-0.25, -0.2) is 0 Å². The molecule has 0 aliphatic heterocycles. The molecule has 0 aliphatic rings. The van der Waals surface area contributed by atoms with E-state index in [0.29, 0.717) is 13.0 Å². The van der Waals surface area contributed by atoms with Crippen LogP contribution in [0, 0.1) is 0 Å². The largest absolute Gasteiger partial charge is 0.364 e. The third-order valence-corrected chi connectivity index (χ3v) is 5.07. The van der Waals surface area contributed by atoms with Crippen molar-refractivity contribution in [2.75, 3.05) is 6.61 Å². The van der Waals surface area contributed by atoms with Gasteiger partial charge in [-0.1, -0.05) is 97.9 Å². The lowest BCUT2D eigenvalue weighted by Gasteiger charge is -2.48. The third-order valence-electron chi connectivity index (χ3n) is 5.07. The van der Waals surface area contributed by atoms with Crippen LogP contribution in [0.5, 0.6) is 0 Å². The Balaban J connectivity index is 2.43. The highest BCUT2D eigenvalue weighted by Crippen LogP contribution is 2.49. The van der Waals surface area contributed by atoms with Gasteiger partial charge >= 0.3 is 0 Å². The smallest absolute Gasteiger partial charge is 0.183 e. The summed E-state index contributed by atoms with van der Waals surface area (Å²) in [6.45, 7) is 4.32. The molecule has 0 saturated carbocycles. The van der Waals surface area contributed by atoms with Gasteiger partial charge in [0.1, 0.15) is 0 Å². The fraction of sp³-hybridized carbons (Fsp3) is 0.250. The van der Waals surface area contributed by atoms with Crippen molar-refractivity contribution in [3.05, 3.63) is 108 Å². The highest BCUT2D eigenvalue weighted by Gasteiger charge is 2.54. The first-order chi connectivity index (χ1) is 12.7. The van der Waals surface area contributed by atoms with Gasteiger partial charge in [-0.15, -0.1) is 0 Å². The molecule has 0 aromatic heterocycles. The molecule has 3 aromatic rings. The summed E-state index contributed by atoms with van der Waals surface area (Å²) in [5, 5.41) is 11.9. The van der Waals surface area contributed by atoms with Gasteiger partial charge in [-0.05, 0) is 30.0 Å². The lowest BCUT2D eigenvalue weighted by molar-refractivity contribution is -0.230. The van der Waals surface area contributed by atoms with Crippen LogP contribution in [0.15, 0.2) is 91.0 Å². The summed E-state index contributed by atoms with van der Waals surface area (Å²) in [5.41, 5.74) is 2.20. The van der Waals surface area contributed by atoms with E-state index in [9.17, 15) is 5.11 Å². The van der Waals surface area contributed by atoms with Gasteiger partial charge < -0.3 is 9.84 Å². The second-order valence-electron chi connectivity index (χ2n) is 6.42. The monoisotopic (exact) mass is 346 g/mol. The molecule has 134 valence electrons. The molecule has 2 nitrogen and oxygen atoms in total. The van der Waals surface area contributed by atoms with Crippen molar-refractivity contribution in [3.8, 4) is 0 Å². The second-order valence-corrected chi connectivity index (χ2v) is 6.42. The molecular weight excluding hydrogens is 320 g/mol. The minimum Gasteiger partial charge on any atom is -0.364 e. The minimum atomic E-state index is -1.38. The van der Waals surface area contributed by atoms with E-state index in [-0.39, 0.29) is 0 Å². The molecule has 0 aliphatic carbocycles. The van der Waals surface area contributed by atoms with Crippen molar-refractivity contribution in [3.63, 3.8) is 0 Å². The van der Waals surface area contributed by atoms with Crippen molar-refractivity contribution in [2.24, 2.45) is 0 Å². The number of rotatable bonds is 7. The van der Waals surface area contributed by atoms with Gasteiger partial charge in [0.25, 0.3) is 0 Å². The number of aliphatic hydroxyl groups is 1. The Kier molecular flexibility index (Phi) is 5.55. The Morgan fingerprint density at radius 2 is 1.00 bits per heavy atom. The Morgan fingerprint density at radius 1 is 0.654 bits per heavy atom. The molecule has 1 atom stereocenters. The molecule has 0 bridgehead atoms. The van der Waals surface area contributed by atoms with Gasteiger partial charge in [0, 0.05) is 6.61 Å². The number of hydrogen-bond donors (Lipinski definition) is 1. The van der Waals surface area contributed by atoms with E-state index in [4.69, 9.17) is 4.74 Å². The van der Waals surface area contributed by atoms with Gasteiger partial charge in [0.05, 0.1) is 5.41 Å². The van der Waals surface area contributed by atoms with Gasteiger partial charge in [-0.3, -0.25) is 0 Å². The zero-order valence-electron chi connectivity index (χ0n) is 15.4. The molecule has 3 rings (SSSR count). The lowest BCUT2D eigenvalue weighted by Crippen LogP contribution is -2.55. The molecule has 0 spiro atoms. The van der Waals surface area contributed by atoms with Crippen molar-refractivity contribution < 1.29 is 9.84 Å². The molecular formula is C24H26O2. The topological polar surface area (TPSA) is 29.5 Å². The van der Waals surface area contributed by atoms with Gasteiger partial charge in [-0.2, -0.15) is 0 Å². The van der Waals surface area contributed by atoms with Crippen molar-refractivity contribution >= 4 is 0 Å². The maximum Gasteiger partial charge on any atom is 0.183 e. The summed E-state index contributed by atoms with van der Waals surface area (Å²) in [7, 11) is 0. The first-order valence-corrected chi connectivity index (χ1v) is 9.22. The van der Waals surface area contributed by atoms with E-state index < -0.39 is 11.2 Å². The molecule has 0 heterocycles. The molecule has 0 fully saturated rings. The van der Waals surface area contributed by atoms with Crippen LogP contribution in [-0.2, 0) is 10.2 Å². The summed E-state index contributed by atoms with van der Waals surface area (Å²) in [6, 6.07) is 30.5. The van der Waals surface area contributed by atoms with Crippen LogP contribution in [0.2, 0.25) is 0 Å². The van der Waals surface area contributed by atoms with Crippen molar-refractivity contribution in [1.82, 2.24) is 0 Å². The third kappa shape index (κ3) is 2.96. The Hall–Kier alpha value is -2.42. The van der Waals surface area contributed by atoms with Crippen molar-refractivity contribution in [1.29, 1.82) is 0 Å². The van der Waals surface area contributed by atoms with E-state index in [1.807, 2.05) is 68.4 Å². The SMILES string of the molecule is CCOC(O)(CC)C(c1ccccc1)(c1ccccc1)c1ccccc1. The maximum absolute atomic E-state index is 11.9. The Labute approximate surface area is 156 Å². The highest BCUT2D eigenvalue weighted by molar-refractivity contribution is 5.53. The first-order valence-electron chi connectivity index (χ1n) is 9.22. The quantitative estimate of drug-likeness (QED) is 0.473. The van der Waals surface area contributed by atoms with Crippen LogP contribution in [0.4, 0.5) is 0 Å². The Bertz CT molecular complexity index is 703. The lowest BCUT2D eigenvalue weighted by atomic mass is 9.63. The summed E-state index contributed by atoms with van der Waals surface area (Å²) in [5.74, 6) is -1.38. The fourth-order valence-corrected chi connectivity index (χ4v) is 3.96. The molecule has 3 aromatic carbocycles. The molecule has 26 heavy (non-hydrogen) atoms. The zero-order valence-corrected chi connectivity index (χ0v) is 15.4. The number of hydrogen-bond acceptors (Lipinski definition) is 2. The van der Waals surface area contributed by atoms with E-state index >= 15 is 0 Å². The standard InChI is InChI=1S/C24H26O2/c1-3-23(25,26-4-2)24(20-14-8-5-9-15-20,21-16-10-6-11-17-21)22-18-12-7-13-19-22/h5-19,25H,3-4H2,1-2H3. The van der Waals surface area contributed by atoms with Gasteiger partial charge in [0.15, 0.2) is 5.79 Å². The number of ether oxygens (including phenoxy) is 1. The molecule has 0 radical (unpaired) electrons. The average Bonchev–Trinajstić information content (AvgIpc) is 2.71. The van der Waals surface area contributed by atoms with E-state index in [2.05, 4.69) is 36.4 Å². The first kappa shape index (κ1) is 18.4. The van der Waals surface area contributed by atoms with Crippen LogP contribution in [0.25, 0.3) is 0 Å². The number of benzene rings is 3. The molecule has 1 unspecified atom stereocenters. The van der Waals surface area contributed by atoms with E-state index in [1.165, 1.54) is 0 Å². The Morgan fingerprint density at radius 3 is 1.27 bits per heavy atom. The summed E-state index contributed by atoms with van der Waals surface area (Å²) in [4.78, 5) is 0. The summed E-state index contributed by atoms with van der Waals surface area (Å²) < 4.78 is 6.06. The fourth-order valence-electron chi connectivity index (χ4n) is 3.96. The average molecular weight is 346 g/mol. The summed E-state index contributed by atoms with van der Waals surface area (Å²) >= 11 is 0. The molecule has 0 saturated heterocycles. The van der Waals surface area contributed by atoms with E-state index in [1.54, 1.807) is 0 Å². The molecule has 1 N–H and O–H groups in total. The van der Waals surface area contributed by atoms with Crippen LogP contribution in [0.1, 0.15) is 37.0 Å². The van der Waals surface area contributed by atoms with Crippen molar-refractivity contribution in [2.45, 2.75) is 31.5 Å². The normalized spacial score (nSPS) is 14.0. The second kappa shape index (κ2) is 7.86. The molecule has 2 heteroatoms. The van der Waals surface area contributed by atoms with Crippen LogP contribution >= 0.6 is 0 Å². The van der Waals surface area contributed by atoms with Crippen LogP contribution in [0.3, 0.4) is 0 Å².